The average molecular weight is 306 g/mol. The zero-order valence-corrected chi connectivity index (χ0v) is 11.8. The van der Waals surface area contributed by atoms with Crippen LogP contribution in [0.3, 0.4) is 0 Å². The number of hydrogen-bond acceptors (Lipinski definition) is 4. The number of carbonyl (C=O) groups excluding carboxylic acids is 1. The van der Waals surface area contributed by atoms with E-state index in [0.717, 1.165) is 16.7 Å². The lowest BCUT2D eigenvalue weighted by molar-refractivity contribution is 0.0950. The van der Waals surface area contributed by atoms with E-state index < -0.39 is 0 Å². The summed E-state index contributed by atoms with van der Waals surface area (Å²) in [6.45, 7) is 0.434. The molecule has 116 valence electrons. The molecule has 0 aromatic carbocycles. The summed E-state index contributed by atoms with van der Waals surface area (Å²) in [5.41, 5.74) is 3.26. The topological polar surface area (TPSA) is 67.8 Å². The van der Waals surface area contributed by atoms with Crippen LogP contribution in [-0.2, 0) is 6.54 Å². The number of rotatable bonds is 4. The standard InChI is InChI=1S/C17H14N4O.CH4/c22-17(21-9-13-3-1-5-18-8-13)16-7-15(11-20-12-16)14-4-2-6-19-10-14;/h1-8,10-12H,9H2,(H,21,22);1H4. The van der Waals surface area contributed by atoms with E-state index in [1.807, 2.05) is 30.3 Å². The Morgan fingerprint density at radius 2 is 1.65 bits per heavy atom. The second-order valence-electron chi connectivity index (χ2n) is 4.75. The molecular formula is C18H18N4O. The Labute approximate surface area is 135 Å². The summed E-state index contributed by atoms with van der Waals surface area (Å²) in [6, 6.07) is 9.35. The quantitative estimate of drug-likeness (QED) is 0.804. The van der Waals surface area contributed by atoms with E-state index in [9.17, 15) is 4.79 Å². The Morgan fingerprint density at radius 1 is 0.913 bits per heavy atom. The van der Waals surface area contributed by atoms with E-state index in [4.69, 9.17) is 0 Å². The number of nitrogens with one attached hydrogen (secondary N) is 1. The van der Waals surface area contributed by atoms with Gasteiger partial charge in [0.2, 0.25) is 0 Å². The molecule has 3 rings (SSSR count). The van der Waals surface area contributed by atoms with Crippen LogP contribution in [0.1, 0.15) is 23.3 Å². The summed E-state index contributed by atoms with van der Waals surface area (Å²) in [5.74, 6) is -0.165. The van der Waals surface area contributed by atoms with E-state index in [-0.39, 0.29) is 13.3 Å². The zero-order chi connectivity index (χ0) is 15.2. The van der Waals surface area contributed by atoms with Gasteiger partial charge in [-0.15, -0.1) is 0 Å². The van der Waals surface area contributed by atoms with Gasteiger partial charge in [0.15, 0.2) is 0 Å². The molecule has 23 heavy (non-hydrogen) atoms. The Kier molecular flexibility index (Phi) is 5.52. The maximum absolute atomic E-state index is 12.2. The number of carbonyl (C=O) groups is 1. The third kappa shape index (κ3) is 4.20. The SMILES string of the molecule is C.O=C(NCc1cccnc1)c1cncc(-c2cccnc2)c1. The first-order valence-corrected chi connectivity index (χ1v) is 6.85. The molecule has 0 atom stereocenters. The lowest BCUT2D eigenvalue weighted by Crippen LogP contribution is -2.23. The van der Waals surface area contributed by atoms with Crippen LogP contribution >= 0.6 is 0 Å². The Bertz CT molecular complexity index is 760. The minimum atomic E-state index is -0.165. The summed E-state index contributed by atoms with van der Waals surface area (Å²) in [7, 11) is 0. The molecule has 3 heterocycles. The predicted molar refractivity (Wildman–Crippen MR) is 89.6 cm³/mol. The Morgan fingerprint density at radius 3 is 2.35 bits per heavy atom. The molecule has 0 bridgehead atoms. The summed E-state index contributed by atoms with van der Waals surface area (Å²) < 4.78 is 0. The fourth-order valence-electron chi connectivity index (χ4n) is 2.04. The molecule has 0 aliphatic carbocycles. The summed E-state index contributed by atoms with van der Waals surface area (Å²) in [4.78, 5) is 24.4. The number of nitrogens with zero attached hydrogens (tertiary/aromatic N) is 3. The smallest absolute Gasteiger partial charge is 0.253 e. The van der Waals surface area contributed by atoms with Gasteiger partial charge in [0.25, 0.3) is 5.91 Å². The number of aromatic nitrogens is 3. The molecule has 1 amide bonds. The van der Waals surface area contributed by atoms with E-state index in [2.05, 4.69) is 20.3 Å². The molecule has 0 fully saturated rings. The first-order chi connectivity index (χ1) is 10.8. The summed E-state index contributed by atoms with van der Waals surface area (Å²) >= 11 is 0. The molecule has 1 N–H and O–H groups in total. The van der Waals surface area contributed by atoms with Crippen molar-refractivity contribution in [1.29, 1.82) is 0 Å². The van der Waals surface area contributed by atoms with Crippen LogP contribution < -0.4 is 5.32 Å². The van der Waals surface area contributed by atoms with Gasteiger partial charge >= 0.3 is 0 Å². The number of hydrogen-bond donors (Lipinski definition) is 1. The minimum absolute atomic E-state index is 0. The molecular weight excluding hydrogens is 288 g/mol. The molecule has 0 spiro atoms. The third-order valence-electron chi connectivity index (χ3n) is 3.17. The van der Waals surface area contributed by atoms with Gasteiger partial charge in [-0.05, 0) is 23.8 Å². The first-order valence-electron chi connectivity index (χ1n) is 6.85. The fraction of sp³-hybridized carbons (Fsp3) is 0.111. The molecule has 5 nitrogen and oxygen atoms in total. The van der Waals surface area contributed by atoms with Gasteiger partial charge in [0, 0.05) is 54.9 Å². The van der Waals surface area contributed by atoms with E-state index in [1.54, 1.807) is 37.2 Å². The molecule has 0 radical (unpaired) electrons. The molecule has 0 saturated carbocycles. The van der Waals surface area contributed by atoms with Crippen LogP contribution in [0.4, 0.5) is 0 Å². The normalized spacial score (nSPS) is 9.74. The summed E-state index contributed by atoms with van der Waals surface area (Å²) in [6.07, 6.45) is 10.2. The number of pyridine rings is 3. The maximum Gasteiger partial charge on any atom is 0.253 e. The van der Waals surface area contributed by atoms with E-state index in [1.165, 1.54) is 0 Å². The van der Waals surface area contributed by atoms with Crippen molar-refractivity contribution in [2.45, 2.75) is 14.0 Å². The van der Waals surface area contributed by atoms with Crippen LogP contribution in [0, 0.1) is 0 Å². The van der Waals surface area contributed by atoms with Crippen LogP contribution in [0.2, 0.25) is 0 Å². The van der Waals surface area contributed by atoms with Crippen molar-refractivity contribution in [2.24, 2.45) is 0 Å². The fourth-order valence-corrected chi connectivity index (χ4v) is 2.04. The molecule has 0 unspecified atom stereocenters. The highest BCUT2D eigenvalue weighted by molar-refractivity contribution is 5.94. The number of amides is 1. The molecule has 5 heteroatoms. The second kappa shape index (κ2) is 7.79. The van der Waals surface area contributed by atoms with Crippen molar-refractivity contribution in [3.8, 4) is 11.1 Å². The Balaban J connectivity index is 0.00000192. The summed E-state index contributed by atoms with van der Waals surface area (Å²) in [5, 5.41) is 2.86. The van der Waals surface area contributed by atoms with Crippen LogP contribution in [0.5, 0.6) is 0 Å². The van der Waals surface area contributed by atoms with Gasteiger partial charge < -0.3 is 5.32 Å². The van der Waals surface area contributed by atoms with Gasteiger partial charge in [-0.1, -0.05) is 19.6 Å². The van der Waals surface area contributed by atoms with Crippen LogP contribution in [-0.4, -0.2) is 20.9 Å². The first kappa shape index (κ1) is 16.3. The van der Waals surface area contributed by atoms with Gasteiger partial charge in [0.1, 0.15) is 0 Å². The largest absolute Gasteiger partial charge is 0.348 e. The predicted octanol–water partition coefficient (Wildman–Crippen LogP) is 3.10. The lowest BCUT2D eigenvalue weighted by atomic mass is 10.1. The zero-order valence-electron chi connectivity index (χ0n) is 11.8. The van der Waals surface area contributed by atoms with Crippen molar-refractivity contribution in [3.63, 3.8) is 0 Å². The van der Waals surface area contributed by atoms with E-state index >= 15 is 0 Å². The van der Waals surface area contributed by atoms with Crippen LogP contribution in [0.25, 0.3) is 11.1 Å². The van der Waals surface area contributed by atoms with Gasteiger partial charge in [-0.25, -0.2) is 0 Å². The molecule has 0 aliphatic heterocycles. The molecule has 3 aromatic rings. The highest BCUT2D eigenvalue weighted by Gasteiger charge is 2.08. The van der Waals surface area contributed by atoms with Crippen molar-refractivity contribution in [3.05, 3.63) is 78.6 Å². The molecule has 3 aromatic heterocycles. The second-order valence-corrected chi connectivity index (χ2v) is 4.75. The van der Waals surface area contributed by atoms with Gasteiger partial charge in [-0.2, -0.15) is 0 Å². The van der Waals surface area contributed by atoms with Crippen LogP contribution in [0.15, 0.2) is 67.5 Å². The molecule has 0 saturated heterocycles. The highest BCUT2D eigenvalue weighted by Crippen LogP contribution is 2.17. The Hall–Kier alpha value is -3.08. The lowest BCUT2D eigenvalue weighted by Gasteiger charge is -2.06. The third-order valence-corrected chi connectivity index (χ3v) is 3.17. The van der Waals surface area contributed by atoms with Crippen molar-refractivity contribution in [2.75, 3.05) is 0 Å². The maximum atomic E-state index is 12.2. The van der Waals surface area contributed by atoms with E-state index in [0.29, 0.717) is 12.1 Å². The van der Waals surface area contributed by atoms with Gasteiger partial charge in [-0.3, -0.25) is 19.7 Å². The van der Waals surface area contributed by atoms with Crippen molar-refractivity contribution < 1.29 is 4.79 Å². The monoisotopic (exact) mass is 306 g/mol. The minimum Gasteiger partial charge on any atom is -0.348 e. The van der Waals surface area contributed by atoms with Crippen molar-refractivity contribution >= 4 is 5.91 Å². The average Bonchev–Trinajstić information content (AvgIpc) is 2.61. The highest BCUT2D eigenvalue weighted by atomic mass is 16.1. The van der Waals surface area contributed by atoms with Crippen molar-refractivity contribution in [1.82, 2.24) is 20.3 Å². The van der Waals surface area contributed by atoms with Gasteiger partial charge in [0.05, 0.1) is 5.56 Å². The molecule has 0 aliphatic rings.